The van der Waals surface area contributed by atoms with Gasteiger partial charge >= 0.3 is 11.9 Å². The fraction of sp³-hybridized carbons (Fsp3) is 0.826. The second-order valence-corrected chi connectivity index (χ2v) is 10.3. The molecule has 0 amide bonds. The number of carbonyl (C=O) groups is 2. The van der Waals surface area contributed by atoms with Gasteiger partial charge in [0, 0.05) is 0 Å². The summed E-state index contributed by atoms with van der Waals surface area (Å²) in [6.07, 6.45) is 12.6. The van der Waals surface area contributed by atoms with E-state index in [-0.39, 0.29) is 29.9 Å². The van der Waals surface area contributed by atoms with Crippen LogP contribution in [0.15, 0.2) is 12.2 Å². The molecule has 4 aliphatic carbocycles. The number of esters is 2. The van der Waals surface area contributed by atoms with Gasteiger partial charge in [-0.3, -0.25) is 9.59 Å². The zero-order chi connectivity index (χ0) is 19.2. The van der Waals surface area contributed by atoms with Crippen LogP contribution >= 0.6 is 0 Å². The van der Waals surface area contributed by atoms with Crippen LogP contribution in [0, 0.1) is 35.5 Å². The van der Waals surface area contributed by atoms with Crippen molar-refractivity contribution in [1.29, 1.82) is 0 Å². The third-order valence-corrected chi connectivity index (χ3v) is 7.17. The van der Waals surface area contributed by atoms with Gasteiger partial charge < -0.3 is 9.47 Å². The molecule has 7 unspecified atom stereocenters. The second-order valence-electron chi connectivity index (χ2n) is 10.3. The molecule has 0 N–H and O–H groups in total. The molecule has 0 aromatic carbocycles. The third-order valence-electron chi connectivity index (χ3n) is 7.17. The van der Waals surface area contributed by atoms with Crippen molar-refractivity contribution in [3.8, 4) is 0 Å². The average molecular weight is 375 g/mol. The van der Waals surface area contributed by atoms with E-state index >= 15 is 0 Å². The maximum absolute atomic E-state index is 12.6. The molecule has 0 aliphatic heterocycles. The van der Waals surface area contributed by atoms with E-state index in [1.165, 1.54) is 0 Å². The molecule has 27 heavy (non-hydrogen) atoms. The summed E-state index contributed by atoms with van der Waals surface area (Å²) in [5, 5.41) is 0. The monoisotopic (exact) mass is 374 g/mol. The summed E-state index contributed by atoms with van der Waals surface area (Å²) in [5.41, 5.74) is -0.408. The van der Waals surface area contributed by atoms with Gasteiger partial charge in [-0.1, -0.05) is 12.2 Å². The van der Waals surface area contributed by atoms with Crippen LogP contribution in [0.3, 0.4) is 0 Å². The molecular weight excluding hydrogens is 340 g/mol. The van der Waals surface area contributed by atoms with E-state index in [1.54, 1.807) is 0 Å². The van der Waals surface area contributed by atoms with Crippen molar-refractivity contribution in [2.75, 3.05) is 0 Å². The topological polar surface area (TPSA) is 52.6 Å². The van der Waals surface area contributed by atoms with Crippen LogP contribution in [0.1, 0.15) is 72.1 Å². The van der Waals surface area contributed by atoms with Crippen LogP contribution in [-0.2, 0) is 19.1 Å². The molecular formula is C23H34O4. The first-order chi connectivity index (χ1) is 12.8. The maximum atomic E-state index is 12.6. The van der Waals surface area contributed by atoms with Gasteiger partial charge in [-0.05, 0) is 95.8 Å². The summed E-state index contributed by atoms with van der Waals surface area (Å²) in [7, 11) is 0. The van der Waals surface area contributed by atoms with Crippen molar-refractivity contribution in [2.24, 2.45) is 35.5 Å². The van der Waals surface area contributed by atoms with Crippen LogP contribution in [0.25, 0.3) is 0 Å². The van der Waals surface area contributed by atoms with Gasteiger partial charge in [0.1, 0.15) is 11.7 Å². The van der Waals surface area contributed by atoms with Gasteiger partial charge in [-0.2, -0.15) is 0 Å². The van der Waals surface area contributed by atoms with Crippen LogP contribution in [-0.4, -0.2) is 23.6 Å². The predicted molar refractivity (Wildman–Crippen MR) is 103 cm³/mol. The molecule has 4 nitrogen and oxygen atoms in total. The molecule has 0 heterocycles. The van der Waals surface area contributed by atoms with Crippen molar-refractivity contribution < 1.29 is 19.1 Å². The van der Waals surface area contributed by atoms with Crippen molar-refractivity contribution in [3.05, 3.63) is 12.2 Å². The van der Waals surface area contributed by atoms with E-state index in [2.05, 4.69) is 12.2 Å². The number of fused-ring (bicyclic) bond motifs is 3. The molecule has 0 saturated heterocycles. The first-order valence-corrected chi connectivity index (χ1v) is 10.9. The van der Waals surface area contributed by atoms with Crippen molar-refractivity contribution in [1.82, 2.24) is 0 Å². The Bertz CT molecular complexity index is 616. The Balaban J connectivity index is 1.26. The van der Waals surface area contributed by atoms with E-state index in [0.717, 1.165) is 51.4 Å². The molecule has 3 fully saturated rings. The molecule has 3 saturated carbocycles. The number of ether oxygens (including phenoxy) is 2. The molecule has 0 aromatic rings. The number of allylic oxidation sites excluding steroid dienone is 2. The van der Waals surface area contributed by atoms with Gasteiger partial charge in [0.15, 0.2) is 0 Å². The van der Waals surface area contributed by atoms with E-state index in [1.807, 2.05) is 20.8 Å². The first kappa shape index (κ1) is 19.0. The quantitative estimate of drug-likeness (QED) is 0.532. The van der Waals surface area contributed by atoms with Gasteiger partial charge in [-0.25, -0.2) is 0 Å². The summed E-state index contributed by atoms with van der Waals surface area (Å²) in [5.74, 6) is 2.35. The Labute approximate surface area is 163 Å². The molecule has 150 valence electrons. The highest BCUT2D eigenvalue weighted by Crippen LogP contribution is 2.46. The molecule has 0 radical (unpaired) electrons. The molecule has 4 heteroatoms. The average Bonchev–Trinajstić information content (AvgIpc) is 3.23. The van der Waals surface area contributed by atoms with Crippen LogP contribution in [0.5, 0.6) is 0 Å². The summed E-state index contributed by atoms with van der Waals surface area (Å²) >= 11 is 0. The minimum atomic E-state index is -0.408. The maximum Gasteiger partial charge on any atom is 0.309 e. The minimum absolute atomic E-state index is 0.0288. The predicted octanol–water partition coefficient (Wildman–Crippen LogP) is 4.67. The van der Waals surface area contributed by atoms with Crippen molar-refractivity contribution >= 4 is 11.9 Å². The van der Waals surface area contributed by atoms with Crippen LogP contribution in [0.2, 0.25) is 0 Å². The van der Waals surface area contributed by atoms with Gasteiger partial charge in [0.25, 0.3) is 0 Å². The van der Waals surface area contributed by atoms with E-state index in [9.17, 15) is 9.59 Å². The normalized spacial score (nSPS) is 40.5. The standard InChI is InChI=1S/C23H34O4/c1-23(2,3)27-21(24)18-7-6-16-13-19(9-8-15(16)12-18)26-22(25)20-11-14-4-5-17(20)10-14/h4-5,14-20H,6-13H2,1-3H3. The number of carbonyl (C=O) groups excluding carboxylic acids is 2. The van der Waals surface area contributed by atoms with Crippen LogP contribution in [0.4, 0.5) is 0 Å². The molecule has 2 bridgehead atoms. The summed E-state index contributed by atoms with van der Waals surface area (Å²) in [4.78, 5) is 25.0. The zero-order valence-corrected chi connectivity index (χ0v) is 17.0. The van der Waals surface area contributed by atoms with Crippen molar-refractivity contribution in [3.63, 3.8) is 0 Å². The Morgan fingerprint density at radius 1 is 0.852 bits per heavy atom. The molecule has 0 aromatic heterocycles. The molecule has 4 rings (SSSR count). The Morgan fingerprint density at radius 2 is 1.59 bits per heavy atom. The summed E-state index contributed by atoms with van der Waals surface area (Å²) < 4.78 is 11.6. The Morgan fingerprint density at radius 3 is 2.26 bits per heavy atom. The lowest BCUT2D eigenvalue weighted by Crippen LogP contribution is -2.39. The summed E-state index contributed by atoms with van der Waals surface area (Å²) in [6, 6.07) is 0. The first-order valence-electron chi connectivity index (χ1n) is 10.9. The number of rotatable bonds is 3. The highest BCUT2D eigenvalue weighted by atomic mass is 16.6. The Kier molecular flexibility index (Phi) is 5.11. The van der Waals surface area contributed by atoms with E-state index < -0.39 is 5.60 Å². The fourth-order valence-corrected chi connectivity index (χ4v) is 5.86. The highest BCUT2D eigenvalue weighted by molar-refractivity contribution is 5.74. The van der Waals surface area contributed by atoms with Crippen LogP contribution < -0.4 is 0 Å². The Hall–Kier alpha value is -1.32. The van der Waals surface area contributed by atoms with Gasteiger partial charge in [0.05, 0.1) is 11.8 Å². The third kappa shape index (κ3) is 4.25. The largest absolute Gasteiger partial charge is 0.462 e. The van der Waals surface area contributed by atoms with E-state index in [0.29, 0.717) is 23.7 Å². The van der Waals surface area contributed by atoms with Crippen molar-refractivity contribution in [2.45, 2.75) is 83.8 Å². The molecule has 0 spiro atoms. The second kappa shape index (κ2) is 7.25. The SMILES string of the molecule is CC(C)(C)OC(=O)C1CCC2CC(OC(=O)C3CC4C=CC3C4)CCC2C1. The lowest BCUT2D eigenvalue weighted by molar-refractivity contribution is -0.163. The number of hydrogen-bond acceptors (Lipinski definition) is 4. The van der Waals surface area contributed by atoms with Gasteiger partial charge in [0.2, 0.25) is 0 Å². The highest BCUT2D eigenvalue weighted by Gasteiger charge is 2.43. The van der Waals surface area contributed by atoms with Gasteiger partial charge in [-0.15, -0.1) is 0 Å². The lowest BCUT2D eigenvalue weighted by Gasteiger charge is -2.41. The summed E-state index contributed by atoms with van der Waals surface area (Å²) in [6.45, 7) is 5.80. The lowest BCUT2D eigenvalue weighted by atomic mass is 9.67. The number of hydrogen-bond donors (Lipinski definition) is 0. The smallest absolute Gasteiger partial charge is 0.309 e. The molecule has 7 atom stereocenters. The van der Waals surface area contributed by atoms with E-state index in [4.69, 9.17) is 9.47 Å². The fourth-order valence-electron chi connectivity index (χ4n) is 5.86. The zero-order valence-electron chi connectivity index (χ0n) is 17.0. The molecule has 4 aliphatic rings. The minimum Gasteiger partial charge on any atom is -0.462 e.